The van der Waals surface area contributed by atoms with Crippen LogP contribution >= 0.6 is 15.9 Å². The summed E-state index contributed by atoms with van der Waals surface area (Å²) in [6.45, 7) is 0.308. The molecule has 0 atom stereocenters. The van der Waals surface area contributed by atoms with Crippen LogP contribution in [0.15, 0.2) is 53.0 Å². The summed E-state index contributed by atoms with van der Waals surface area (Å²) in [5.74, 6) is -0.350. The van der Waals surface area contributed by atoms with Gasteiger partial charge in [0.05, 0.1) is 0 Å². The van der Waals surface area contributed by atoms with E-state index in [2.05, 4.69) is 31.3 Å². The summed E-state index contributed by atoms with van der Waals surface area (Å²) in [7, 11) is 0. The minimum Gasteiger partial charge on any atom is -0.406 e. The van der Waals surface area contributed by atoms with Gasteiger partial charge in [0, 0.05) is 16.7 Å². The first-order chi connectivity index (χ1) is 10.8. The van der Waals surface area contributed by atoms with Crippen LogP contribution in [0.3, 0.4) is 0 Å². The van der Waals surface area contributed by atoms with Gasteiger partial charge in [0.1, 0.15) is 5.75 Å². The number of anilines is 1. The average molecular weight is 389 g/mol. The van der Waals surface area contributed by atoms with Crippen molar-refractivity contribution in [3.05, 3.63) is 58.6 Å². The molecule has 0 aliphatic heterocycles. The molecule has 0 fully saturated rings. The van der Waals surface area contributed by atoms with Crippen LogP contribution in [-0.4, -0.2) is 12.4 Å². The number of hydrogen-bond acceptors (Lipinski definition) is 2. The van der Waals surface area contributed by atoms with Crippen LogP contribution in [0.1, 0.15) is 5.56 Å². The van der Waals surface area contributed by atoms with E-state index in [0.717, 1.165) is 22.2 Å². The Morgan fingerprint density at radius 2 is 1.74 bits per heavy atom. The fourth-order valence-electron chi connectivity index (χ4n) is 1.73. The van der Waals surface area contributed by atoms with Crippen LogP contribution in [0.4, 0.5) is 23.7 Å². The van der Waals surface area contributed by atoms with E-state index in [0.29, 0.717) is 12.2 Å². The maximum absolute atomic E-state index is 12.0. The first-order valence-electron chi connectivity index (χ1n) is 6.47. The van der Waals surface area contributed by atoms with Crippen molar-refractivity contribution in [2.45, 2.75) is 12.9 Å². The third-order valence-electron chi connectivity index (χ3n) is 2.74. The highest BCUT2D eigenvalue weighted by atomic mass is 79.9. The SMILES string of the molecule is O=C(NCc1ccccc1Br)Nc1ccc(OC(F)(F)F)cc1. The topological polar surface area (TPSA) is 50.4 Å². The summed E-state index contributed by atoms with van der Waals surface area (Å²) >= 11 is 3.37. The smallest absolute Gasteiger partial charge is 0.406 e. The van der Waals surface area contributed by atoms with Crippen molar-refractivity contribution in [2.75, 3.05) is 5.32 Å². The average Bonchev–Trinajstić information content (AvgIpc) is 2.47. The monoisotopic (exact) mass is 388 g/mol. The summed E-state index contributed by atoms with van der Waals surface area (Å²) < 4.78 is 40.7. The zero-order chi connectivity index (χ0) is 16.9. The molecule has 0 unspecified atom stereocenters. The third-order valence-corrected chi connectivity index (χ3v) is 3.52. The number of hydrogen-bond donors (Lipinski definition) is 2. The first kappa shape index (κ1) is 17.1. The molecule has 0 saturated heterocycles. The fraction of sp³-hybridized carbons (Fsp3) is 0.133. The minimum absolute atomic E-state index is 0.308. The standard InChI is InChI=1S/C15H12BrF3N2O2/c16-13-4-2-1-3-10(13)9-20-14(22)21-11-5-7-12(8-6-11)23-15(17,18)19/h1-8H,9H2,(H2,20,21,22). The molecule has 122 valence electrons. The Balaban J connectivity index is 1.87. The molecule has 2 aromatic rings. The van der Waals surface area contributed by atoms with Gasteiger partial charge in [0.2, 0.25) is 0 Å². The molecule has 2 aromatic carbocycles. The second-order valence-electron chi connectivity index (χ2n) is 4.47. The summed E-state index contributed by atoms with van der Waals surface area (Å²) in [5, 5.41) is 5.17. The summed E-state index contributed by atoms with van der Waals surface area (Å²) in [6, 6.07) is 11.8. The van der Waals surface area contributed by atoms with Crippen molar-refractivity contribution in [3.8, 4) is 5.75 Å². The van der Waals surface area contributed by atoms with Crippen molar-refractivity contribution >= 4 is 27.6 Å². The molecule has 0 aliphatic carbocycles. The number of ether oxygens (including phenoxy) is 1. The molecule has 0 saturated carbocycles. The number of urea groups is 1. The van der Waals surface area contributed by atoms with Gasteiger partial charge in [0.15, 0.2) is 0 Å². The highest BCUT2D eigenvalue weighted by Gasteiger charge is 2.30. The summed E-state index contributed by atoms with van der Waals surface area (Å²) in [4.78, 5) is 11.8. The number of rotatable bonds is 4. The lowest BCUT2D eigenvalue weighted by molar-refractivity contribution is -0.274. The Labute approximate surface area is 138 Å². The molecular formula is C15H12BrF3N2O2. The Morgan fingerprint density at radius 1 is 1.09 bits per heavy atom. The van der Waals surface area contributed by atoms with Crippen molar-refractivity contribution < 1.29 is 22.7 Å². The number of nitrogens with one attached hydrogen (secondary N) is 2. The number of alkyl halides is 3. The Kier molecular flexibility index (Phi) is 5.49. The third kappa shape index (κ3) is 5.82. The van der Waals surface area contributed by atoms with Gasteiger partial charge >= 0.3 is 12.4 Å². The van der Waals surface area contributed by atoms with Crippen molar-refractivity contribution in [1.29, 1.82) is 0 Å². The maximum atomic E-state index is 12.0. The lowest BCUT2D eigenvalue weighted by atomic mass is 10.2. The summed E-state index contributed by atoms with van der Waals surface area (Å²) in [5.41, 5.74) is 1.25. The Hall–Kier alpha value is -2.22. The first-order valence-corrected chi connectivity index (χ1v) is 7.27. The number of benzene rings is 2. The number of amides is 2. The van der Waals surface area contributed by atoms with E-state index in [-0.39, 0.29) is 5.75 Å². The van der Waals surface area contributed by atoms with Crippen LogP contribution in [0, 0.1) is 0 Å². The maximum Gasteiger partial charge on any atom is 0.573 e. The molecule has 4 nitrogen and oxygen atoms in total. The predicted molar refractivity (Wildman–Crippen MR) is 83.1 cm³/mol. The van der Waals surface area contributed by atoms with E-state index in [9.17, 15) is 18.0 Å². The molecule has 2 rings (SSSR count). The van der Waals surface area contributed by atoms with Gasteiger partial charge in [-0.15, -0.1) is 13.2 Å². The van der Waals surface area contributed by atoms with E-state index >= 15 is 0 Å². The zero-order valence-corrected chi connectivity index (χ0v) is 13.2. The van der Waals surface area contributed by atoms with Crippen LogP contribution < -0.4 is 15.4 Å². The van der Waals surface area contributed by atoms with E-state index in [1.165, 1.54) is 12.1 Å². The van der Waals surface area contributed by atoms with Crippen LogP contribution in [0.25, 0.3) is 0 Å². The van der Waals surface area contributed by atoms with Gasteiger partial charge in [-0.2, -0.15) is 0 Å². The normalized spacial score (nSPS) is 11.0. The summed E-state index contributed by atoms with van der Waals surface area (Å²) in [6.07, 6.45) is -4.74. The second kappa shape index (κ2) is 7.36. The molecule has 0 aromatic heterocycles. The zero-order valence-electron chi connectivity index (χ0n) is 11.7. The van der Waals surface area contributed by atoms with E-state index in [1.54, 1.807) is 0 Å². The lowest BCUT2D eigenvalue weighted by Gasteiger charge is -2.11. The molecule has 0 heterocycles. The van der Waals surface area contributed by atoms with Gasteiger partial charge < -0.3 is 15.4 Å². The van der Waals surface area contributed by atoms with E-state index in [4.69, 9.17) is 0 Å². The van der Waals surface area contributed by atoms with Gasteiger partial charge in [0.25, 0.3) is 0 Å². The Morgan fingerprint density at radius 3 is 2.35 bits per heavy atom. The molecular weight excluding hydrogens is 377 g/mol. The van der Waals surface area contributed by atoms with Crippen molar-refractivity contribution in [2.24, 2.45) is 0 Å². The van der Waals surface area contributed by atoms with Crippen LogP contribution in [0.5, 0.6) is 5.75 Å². The predicted octanol–water partition coefficient (Wildman–Crippen LogP) is 4.67. The molecule has 2 amide bonds. The number of halogens is 4. The van der Waals surface area contributed by atoms with Gasteiger partial charge in [-0.1, -0.05) is 34.1 Å². The number of carbonyl (C=O) groups excluding carboxylic acids is 1. The largest absolute Gasteiger partial charge is 0.573 e. The highest BCUT2D eigenvalue weighted by Crippen LogP contribution is 2.24. The molecule has 0 spiro atoms. The second-order valence-corrected chi connectivity index (χ2v) is 5.33. The molecule has 8 heteroatoms. The van der Waals surface area contributed by atoms with Gasteiger partial charge in [-0.25, -0.2) is 4.79 Å². The lowest BCUT2D eigenvalue weighted by Crippen LogP contribution is -2.28. The van der Waals surface area contributed by atoms with Crippen molar-refractivity contribution in [3.63, 3.8) is 0 Å². The van der Waals surface area contributed by atoms with E-state index in [1.807, 2.05) is 24.3 Å². The van der Waals surface area contributed by atoms with E-state index < -0.39 is 12.4 Å². The Bertz CT molecular complexity index is 675. The fourth-order valence-corrected chi connectivity index (χ4v) is 2.16. The van der Waals surface area contributed by atoms with Gasteiger partial charge in [-0.05, 0) is 35.9 Å². The number of carbonyl (C=O) groups is 1. The van der Waals surface area contributed by atoms with Crippen molar-refractivity contribution in [1.82, 2.24) is 5.32 Å². The molecule has 0 radical (unpaired) electrons. The molecule has 0 bridgehead atoms. The van der Waals surface area contributed by atoms with Crippen LogP contribution in [0.2, 0.25) is 0 Å². The molecule has 2 N–H and O–H groups in total. The van der Waals surface area contributed by atoms with Crippen LogP contribution in [-0.2, 0) is 6.54 Å². The molecule has 0 aliphatic rings. The molecule has 23 heavy (non-hydrogen) atoms. The minimum atomic E-state index is -4.74. The highest BCUT2D eigenvalue weighted by molar-refractivity contribution is 9.10. The quantitative estimate of drug-likeness (QED) is 0.799. The van der Waals surface area contributed by atoms with Gasteiger partial charge in [-0.3, -0.25) is 0 Å².